The van der Waals surface area contributed by atoms with E-state index in [2.05, 4.69) is 5.32 Å². The first-order chi connectivity index (χ1) is 9.64. The van der Waals surface area contributed by atoms with Crippen molar-refractivity contribution in [2.24, 2.45) is 11.3 Å². The maximum Gasteiger partial charge on any atom is 0.338 e. The number of amides is 1. The van der Waals surface area contributed by atoms with Crippen LogP contribution < -0.4 is 5.32 Å². The van der Waals surface area contributed by atoms with Gasteiger partial charge in [-0.15, -0.1) is 0 Å². The summed E-state index contributed by atoms with van der Waals surface area (Å²) in [5.74, 6) is -0.0180. The molecular weight excluding hydrogens is 254 g/mol. The molecule has 2 saturated carbocycles. The Hall–Kier alpha value is -1.84. The molecule has 1 aromatic rings. The van der Waals surface area contributed by atoms with Crippen molar-refractivity contribution in [3.05, 3.63) is 29.8 Å². The summed E-state index contributed by atoms with van der Waals surface area (Å²) in [7, 11) is 0. The number of hydrogen-bond donors (Lipinski definition) is 1. The van der Waals surface area contributed by atoms with E-state index in [1.54, 1.807) is 31.2 Å². The van der Waals surface area contributed by atoms with Gasteiger partial charge in [0.15, 0.2) is 0 Å². The molecule has 1 aromatic carbocycles. The van der Waals surface area contributed by atoms with Crippen molar-refractivity contribution in [2.45, 2.75) is 32.6 Å². The molecule has 0 bridgehead atoms. The molecule has 0 radical (unpaired) electrons. The highest BCUT2D eigenvalue weighted by Crippen LogP contribution is 2.65. The van der Waals surface area contributed by atoms with Gasteiger partial charge in [-0.05, 0) is 55.9 Å². The minimum atomic E-state index is -0.332. The van der Waals surface area contributed by atoms with Gasteiger partial charge in [-0.2, -0.15) is 0 Å². The smallest absolute Gasteiger partial charge is 0.338 e. The Balaban J connectivity index is 1.58. The highest BCUT2D eigenvalue weighted by atomic mass is 16.5. The molecule has 0 aromatic heterocycles. The summed E-state index contributed by atoms with van der Waals surface area (Å²) in [6.07, 6.45) is 4.71. The van der Waals surface area contributed by atoms with Gasteiger partial charge in [0, 0.05) is 11.6 Å². The Kier molecular flexibility index (Phi) is 3.24. The summed E-state index contributed by atoms with van der Waals surface area (Å²) in [6.45, 7) is 2.14. The van der Waals surface area contributed by atoms with Gasteiger partial charge in [-0.1, -0.05) is 6.42 Å². The van der Waals surface area contributed by atoms with E-state index in [4.69, 9.17) is 4.74 Å². The molecule has 3 rings (SSSR count). The monoisotopic (exact) mass is 273 g/mol. The maximum atomic E-state index is 12.1. The van der Waals surface area contributed by atoms with E-state index < -0.39 is 0 Å². The summed E-state index contributed by atoms with van der Waals surface area (Å²) in [6, 6.07) is 6.86. The SMILES string of the molecule is CCOC(=O)c1ccc(NC(=O)[C@@H]2CC23CCC3)cc1. The normalized spacial score (nSPS) is 21.9. The number of hydrogen-bond acceptors (Lipinski definition) is 3. The molecule has 1 spiro atoms. The molecule has 0 aliphatic heterocycles. The lowest BCUT2D eigenvalue weighted by molar-refractivity contribution is -0.118. The van der Waals surface area contributed by atoms with Crippen LogP contribution in [0.25, 0.3) is 0 Å². The van der Waals surface area contributed by atoms with Crippen molar-refractivity contribution < 1.29 is 14.3 Å². The average Bonchev–Trinajstić information content (AvgIpc) is 3.15. The second-order valence-corrected chi connectivity index (χ2v) is 5.76. The van der Waals surface area contributed by atoms with Gasteiger partial charge >= 0.3 is 5.97 Å². The van der Waals surface area contributed by atoms with Crippen LogP contribution in [-0.4, -0.2) is 18.5 Å². The lowest BCUT2D eigenvalue weighted by Gasteiger charge is -2.26. The minimum Gasteiger partial charge on any atom is -0.462 e. The van der Waals surface area contributed by atoms with Gasteiger partial charge in [0.2, 0.25) is 5.91 Å². The molecule has 106 valence electrons. The van der Waals surface area contributed by atoms with Gasteiger partial charge in [-0.25, -0.2) is 4.79 Å². The van der Waals surface area contributed by atoms with Gasteiger partial charge < -0.3 is 10.1 Å². The Bertz CT molecular complexity index is 531. The summed E-state index contributed by atoms with van der Waals surface area (Å²) >= 11 is 0. The van der Waals surface area contributed by atoms with Gasteiger partial charge in [-0.3, -0.25) is 4.79 Å². The molecule has 0 heterocycles. The molecule has 1 N–H and O–H groups in total. The molecule has 1 atom stereocenters. The van der Waals surface area contributed by atoms with Crippen LogP contribution in [0.15, 0.2) is 24.3 Å². The zero-order chi connectivity index (χ0) is 14.2. The van der Waals surface area contributed by atoms with Gasteiger partial charge in [0.05, 0.1) is 12.2 Å². The number of nitrogens with one attached hydrogen (secondary N) is 1. The standard InChI is InChI=1S/C16H19NO3/c1-2-20-15(19)11-4-6-12(7-5-11)17-14(18)13-10-16(13)8-3-9-16/h4-7,13H,2-3,8-10H2,1H3,(H,17,18)/t13-/m0/s1. The quantitative estimate of drug-likeness (QED) is 0.858. The molecule has 2 aliphatic rings. The molecule has 2 fully saturated rings. The zero-order valence-electron chi connectivity index (χ0n) is 11.6. The third-order valence-electron chi connectivity index (χ3n) is 4.52. The van der Waals surface area contributed by atoms with Gasteiger partial charge in [0.1, 0.15) is 0 Å². The number of carbonyl (C=O) groups is 2. The topological polar surface area (TPSA) is 55.4 Å². The summed E-state index contributed by atoms with van der Waals surface area (Å²) < 4.78 is 4.92. The van der Waals surface area contributed by atoms with Crippen molar-refractivity contribution in [1.82, 2.24) is 0 Å². The molecule has 4 nitrogen and oxygen atoms in total. The van der Waals surface area contributed by atoms with Crippen molar-refractivity contribution in [3.63, 3.8) is 0 Å². The summed E-state index contributed by atoms with van der Waals surface area (Å²) in [5.41, 5.74) is 1.59. The molecule has 1 amide bonds. The molecule has 2 aliphatic carbocycles. The van der Waals surface area contributed by atoms with Crippen molar-refractivity contribution in [2.75, 3.05) is 11.9 Å². The van der Waals surface area contributed by atoms with E-state index in [1.165, 1.54) is 19.3 Å². The lowest BCUT2D eigenvalue weighted by atomic mass is 9.79. The first-order valence-corrected chi connectivity index (χ1v) is 7.23. The van der Waals surface area contributed by atoms with Gasteiger partial charge in [0.25, 0.3) is 0 Å². The predicted molar refractivity (Wildman–Crippen MR) is 75.4 cm³/mol. The van der Waals surface area contributed by atoms with Crippen LogP contribution >= 0.6 is 0 Å². The fourth-order valence-corrected chi connectivity index (χ4v) is 3.04. The molecule has 0 saturated heterocycles. The van der Waals surface area contributed by atoms with Crippen LogP contribution in [0.2, 0.25) is 0 Å². The molecular formula is C16H19NO3. The molecule has 0 unspecified atom stereocenters. The van der Waals surface area contributed by atoms with Crippen LogP contribution in [-0.2, 0) is 9.53 Å². The maximum absolute atomic E-state index is 12.1. The summed E-state index contributed by atoms with van der Waals surface area (Å²) in [4.78, 5) is 23.6. The second kappa shape index (κ2) is 4.93. The van der Waals surface area contributed by atoms with Crippen LogP contribution in [0.1, 0.15) is 43.0 Å². The lowest BCUT2D eigenvalue weighted by Crippen LogP contribution is -2.23. The minimum absolute atomic E-state index is 0.119. The zero-order valence-corrected chi connectivity index (χ0v) is 11.6. The number of esters is 1. The first-order valence-electron chi connectivity index (χ1n) is 7.23. The Morgan fingerprint density at radius 3 is 2.50 bits per heavy atom. The van der Waals surface area contributed by atoms with Crippen molar-refractivity contribution in [3.8, 4) is 0 Å². The number of benzene rings is 1. The van der Waals surface area contributed by atoms with E-state index in [9.17, 15) is 9.59 Å². The number of rotatable bonds is 4. The highest BCUT2D eigenvalue weighted by Gasteiger charge is 2.60. The van der Waals surface area contributed by atoms with Crippen molar-refractivity contribution >= 4 is 17.6 Å². The Morgan fingerprint density at radius 2 is 2.00 bits per heavy atom. The molecule has 4 heteroatoms. The van der Waals surface area contributed by atoms with E-state index in [-0.39, 0.29) is 17.8 Å². The average molecular weight is 273 g/mol. The fourth-order valence-electron chi connectivity index (χ4n) is 3.04. The molecule has 20 heavy (non-hydrogen) atoms. The summed E-state index contributed by atoms with van der Waals surface area (Å²) in [5, 5.41) is 2.93. The van der Waals surface area contributed by atoms with E-state index >= 15 is 0 Å². The third-order valence-corrected chi connectivity index (χ3v) is 4.52. The fraction of sp³-hybridized carbons (Fsp3) is 0.500. The van der Waals surface area contributed by atoms with Crippen LogP contribution in [0.4, 0.5) is 5.69 Å². The van der Waals surface area contributed by atoms with E-state index in [1.807, 2.05) is 0 Å². The van der Waals surface area contributed by atoms with E-state index in [0.717, 1.165) is 12.1 Å². The van der Waals surface area contributed by atoms with Crippen LogP contribution in [0, 0.1) is 11.3 Å². The van der Waals surface area contributed by atoms with Crippen molar-refractivity contribution in [1.29, 1.82) is 0 Å². The Labute approximate surface area is 118 Å². The predicted octanol–water partition coefficient (Wildman–Crippen LogP) is 2.99. The van der Waals surface area contributed by atoms with E-state index in [0.29, 0.717) is 17.6 Å². The third kappa shape index (κ3) is 2.30. The Morgan fingerprint density at radius 1 is 1.30 bits per heavy atom. The van der Waals surface area contributed by atoms with Crippen LogP contribution in [0.3, 0.4) is 0 Å². The number of carbonyl (C=O) groups excluding carboxylic acids is 2. The largest absolute Gasteiger partial charge is 0.462 e. The number of ether oxygens (including phenoxy) is 1. The second-order valence-electron chi connectivity index (χ2n) is 5.76. The highest BCUT2D eigenvalue weighted by molar-refractivity contribution is 5.96. The number of anilines is 1. The van der Waals surface area contributed by atoms with Crippen LogP contribution in [0.5, 0.6) is 0 Å². The first kappa shape index (κ1) is 13.2.